The lowest BCUT2D eigenvalue weighted by Crippen LogP contribution is -2.39. The average molecular weight is 285 g/mol. The summed E-state index contributed by atoms with van der Waals surface area (Å²) in [6.45, 7) is 11.0. The van der Waals surface area contributed by atoms with E-state index in [1.54, 1.807) is 0 Å². The Morgan fingerprint density at radius 3 is 2.55 bits per heavy atom. The molecule has 1 fully saturated rings. The molecule has 118 valence electrons. The van der Waals surface area contributed by atoms with E-state index in [4.69, 9.17) is 4.74 Å². The van der Waals surface area contributed by atoms with Crippen LogP contribution in [0.1, 0.15) is 47.0 Å². The summed E-state index contributed by atoms with van der Waals surface area (Å²) in [6.07, 6.45) is 2.85. The van der Waals surface area contributed by atoms with E-state index >= 15 is 0 Å². The highest BCUT2D eigenvalue weighted by Crippen LogP contribution is 2.19. The zero-order chi connectivity index (χ0) is 15.2. The van der Waals surface area contributed by atoms with E-state index in [2.05, 4.69) is 29.5 Å². The summed E-state index contributed by atoms with van der Waals surface area (Å²) in [5.74, 6) is 0. The smallest absolute Gasteiger partial charge is 0.407 e. The minimum atomic E-state index is -0.426. The Morgan fingerprint density at radius 2 is 1.95 bits per heavy atom. The van der Waals surface area contributed by atoms with Gasteiger partial charge in [-0.1, -0.05) is 6.92 Å². The molecule has 0 heterocycles. The number of carbonyl (C=O) groups excluding carboxylic acids is 1. The molecular formula is C15H31N3O2. The molecule has 0 radical (unpaired) electrons. The molecule has 0 spiro atoms. The van der Waals surface area contributed by atoms with Crippen LogP contribution in [0.15, 0.2) is 0 Å². The molecule has 20 heavy (non-hydrogen) atoms. The molecule has 2 atom stereocenters. The number of hydrogen-bond acceptors (Lipinski definition) is 4. The number of rotatable bonds is 6. The van der Waals surface area contributed by atoms with Gasteiger partial charge in [-0.3, -0.25) is 0 Å². The number of carbonyl (C=O) groups is 1. The van der Waals surface area contributed by atoms with Crippen molar-refractivity contribution in [3.8, 4) is 0 Å². The third-order valence-corrected chi connectivity index (χ3v) is 3.62. The van der Waals surface area contributed by atoms with Gasteiger partial charge >= 0.3 is 6.09 Å². The quantitative estimate of drug-likeness (QED) is 0.783. The maximum Gasteiger partial charge on any atom is 0.407 e. The van der Waals surface area contributed by atoms with Gasteiger partial charge in [-0.05, 0) is 53.6 Å². The molecule has 1 aliphatic rings. The van der Waals surface area contributed by atoms with Crippen LogP contribution in [-0.4, -0.2) is 55.4 Å². The lowest BCUT2D eigenvalue weighted by Gasteiger charge is -2.22. The summed E-state index contributed by atoms with van der Waals surface area (Å²) in [5.41, 5.74) is -0.426. The molecule has 0 aromatic rings. The van der Waals surface area contributed by atoms with Crippen molar-refractivity contribution in [3.05, 3.63) is 0 Å². The minimum Gasteiger partial charge on any atom is -0.444 e. The fourth-order valence-corrected chi connectivity index (χ4v) is 2.39. The molecule has 0 aliphatic heterocycles. The van der Waals surface area contributed by atoms with Gasteiger partial charge in [0, 0.05) is 25.2 Å². The van der Waals surface area contributed by atoms with E-state index in [1.807, 2.05) is 20.8 Å². The SMILES string of the molecule is CCN(C)CCNC1CCC(NC(=O)OC(C)(C)C)C1. The van der Waals surface area contributed by atoms with Crippen LogP contribution < -0.4 is 10.6 Å². The molecule has 1 aliphatic carbocycles. The predicted octanol–water partition coefficient (Wildman–Crippen LogP) is 1.97. The van der Waals surface area contributed by atoms with Gasteiger partial charge in [-0.25, -0.2) is 4.79 Å². The Bertz CT molecular complexity index is 302. The lowest BCUT2D eigenvalue weighted by atomic mass is 10.2. The number of ether oxygens (including phenoxy) is 1. The Hall–Kier alpha value is -0.810. The maximum atomic E-state index is 11.7. The molecule has 1 amide bonds. The van der Waals surface area contributed by atoms with Crippen molar-refractivity contribution in [2.24, 2.45) is 0 Å². The van der Waals surface area contributed by atoms with Crippen LogP contribution in [0.25, 0.3) is 0 Å². The summed E-state index contributed by atoms with van der Waals surface area (Å²) in [7, 11) is 2.13. The second-order valence-electron chi connectivity index (χ2n) is 6.70. The van der Waals surface area contributed by atoms with E-state index in [0.29, 0.717) is 6.04 Å². The van der Waals surface area contributed by atoms with Crippen molar-refractivity contribution in [2.75, 3.05) is 26.7 Å². The van der Waals surface area contributed by atoms with Gasteiger partial charge < -0.3 is 20.3 Å². The van der Waals surface area contributed by atoms with E-state index in [-0.39, 0.29) is 12.1 Å². The number of amides is 1. The van der Waals surface area contributed by atoms with Gasteiger partial charge in [0.2, 0.25) is 0 Å². The Kier molecular flexibility index (Phi) is 6.76. The normalized spacial score (nSPS) is 23.1. The van der Waals surface area contributed by atoms with Crippen LogP contribution in [0.3, 0.4) is 0 Å². The van der Waals surface area contributed by atoms with E-state index in [0.717, 1.165) is 38.9 Å². The Morgan fingerprint density at radius 1 is 1.30 bits per heavy atom. The first-order valence-corrected chi connectivity index (χ1v) is 7.71. The van der Waals surface area contributed by atoms with Crippen molar-refractivity contribution in [1.82, 2.24) is 15.5 Å². The van der Waals surface area contributed by atoms with Crippen LogP contribution in [0.4, 0.5) is 4.79 Å². The van der Waals surface area contributed by atoms with Crippen LogP contribution in [0, 0.1) is 0 Å². The van der Waals surface area contributed by atoms with Crippen molar-refractivity contribution in [1.29, 1.82) is 0 Å². The van der Waals surface area contributed by atoms with Crippen molar-refractivity contribution in [2.45, 2.75) is 64.6 Å². The summed E-state index contributed by atoms with van der Waals surface area (Å²) < 4.78 is 5.28. The highest BCUT2D eigenvalue weighted by molar-refractivity contribution is 5.68. The monoisotopic (exact) mass is 285 g/mol. The van der Waals surface area contributed by atoms with Crippen LogP contribution in [0.5, 0.6) is 0 Å². The van der Waals surface area contributed by atoms with E-state index in [1.165, 1.54) is 0 Å². The zero-order valence-corrected chi connectivity index (χ0v) is 13.7. The van der Waals surface area contributed by atoms with Gasteiger partial charge in [-0.15, -0.1) is 0 Å². The number of nitrogens with one attached hydrogen (secondary N) is 2. The number of alkyl carbamates (subject to hydrolysis) is 1. The van der Waals surface area contributed by atoms with Gasteiger partial charge in [0.25, 0.3) is 0 Å². The van der Waals surface area contributed by atoms with Crippen LogP contribution >= 0.6 is 0 Å². The molecule has 5 nitrogen and oxygen atoms in total. The number of likely N-dealkylation sites (N-methyl/N-ethyl adjacent to an activating group) is 1. The fraction of sp³-hybridized carbons (Fsp3) is 0.933. The molecule has 0 aromatic carbocycles. The molecule has 0 saturated heterocycles. The highest BCUT2D eigenvalue weighted by atomic mass is 16.6. The first-order valence-electron chi connectivity index (χ1n) is 7.71. The molecule has 0 aromatic heterocycles. The first kappa shape index (κ1) is 17.2. The van der Waals surface area contributed by atoms with Gasteiger partial charge in [0.15, 0.2) is 0 Å². The van der Waals surface area contributed by atoms with Crippen molar-refractivity contribution < 1.29 is 9.53 Å². The molecule has 0 bridgehead atoms. The second-order valence-corrected chi connectivity index (χ2v) is 6.70. The molecule has 2 N–H and O–H groups in total. The van der Waals surface area contributed by atoms with Crippen molar-refractivity contribution >= 4 is 6.09 Å². The topological polar surface area (TPSA) is 53.6 Å². The fourth-order valence-electron chi connectivity index (χ4n) is 2.39. The largest absolute Gasteiger partial charge is 0.444 e. The highest BCUT2D eigenvalue weighted by Gasteiger charge is 2.27. The molecule has 1 saturated carbocycles. The third-order valence-electron chi connectivity index (χ3n) is 3.62. The number of hydrogen-bond donors (Lipinski definition) is 2. The maximum absolute atomic E-state index is 11.7. The summed E-state index contributed by atoms with van der Waals surface area (Å²) >= 11 is 0. The van der Waals surface area contributed by atoms with Crippen molar-refractivity contribution in [3.63, 3.8) is 0 Å². The summed E-state index contributed by atoms with van der Waals surface area (Å²) in [4.78, 5) is 14.0. The standard InChI is InChI=1S/C15H31N3O2/c1-6-18(5)10-9-16-12-7-8-13(11-12)17-14(19)20-15(2,3)4/h12-13,16H,6-11H2,1-5H3,(H,17,19). The minimum absolute atomic E-state index is 0.242. The molecule has 5 heteroatoms. The third kappa shape index (κ3) is 7.10. The summed E-state index contributed by atoms with van der Waals surface area (Å²) in [5, 5.41) is 6.53. The predicted molar refractivity (Wildman–Crippen MR) is 82.0 cm³/mol. The van der Waals surface area contributed by atoms with Crippen LogP contribution in [0.2, 0.25) is 0 Å². The Labute approximate surface area is 123 Å². The Balaban J connectivity index is 2.18. The van der Waals surface area contributed by atoms with Gasteiger partial charge in [0.05, 0.1) is 0 Å². The van der Waals surface area contributed by atoms with Gasteiger partial charge in [0.1, 0.15) is 5.60 Å². The second kappa shape index (κ2) is 7.84. The number of nitrogens with zero attached hydrogens (tertiary/aromatic N) is 1. The average Bonchev–Trinajstić information content (AvgIpc) is 2.73. The zero-order valence-electron chi connectivity index (χ0n) is 13.7. The van der Waals surface area contributed by atoms with E-state index in [9.17, 15) is 4.79 Å². The summed E-state index contributed by atoms with van der Waals surface area (Å²) in [6, 6.07) is 0.756. The molecular weight excluding hydrogens is 254 g/mol. The van der Waals surface area contributed by atoms with E-state index < -0.39 is 5.60 Å². The molecule has 1 rings (SSSR count). The molecule has 2 unspecified atom stereocenters. The first-order chi connectivity index (χ1) is 9.30. The van der Waals surface area contributed by atoms with Crippen LogP contribution in [-0.2, 0) is 4.74 Å². The lowest BCUT2D eigenvalue weighted by molar-refractivity contribution is 0.0505. The van der Waals surface area contributed by atoms with Gasteiger partial charge in [-0.2, -0.15) is 0 Å².